The molecule has 0 spiro atoms. The molecule has 1 fully saturated rings. The lowest BCUT2D eigenvalue weighted by Gasteiger charge is -2.35. The molecule has 0 aromatic heterocycles. The fourth-order valence-electron chi connectivity index (χ4n) is 2.58. The predicted octanol–water partition coefficient (Wildman–Crippen LogP) is 3.43. The van der Waals surface area contributed by atoms with E-state index in [2.05, 4.69) is 15.5 Å². The van der Waals surface area contributed by atoms with Gasteiger partial charge in [-0.25, -0.2) is 0 Å². The van der Waals surface area contributed by atoms with Gasteiger partial charge in [0.15, 0.2) is 0 Å². The fourth-order valence-corrected chi connectivity index (χ4v) is 2.88. The number of rotatable bonds is 4. The van der Waals surface area contributed by atoms with E-state index >= 15 is 0 Å². The number of nitrogens with zero attached hydrogens (tertiary/aromatic N) is 1. The summed E-state index contributed by atoms with van der Waals surface area (Å²) in [4.78, 5) is 14.6. The monoisotopic (exact) mass is 365 g/mol. The fraction of sp³-hybridized carbons (Fsp3) is 0.533. The maximum Gasteiger partial charge on any atom is 0.241 e. The van der Waals surface area contributed by atoms with Crippen LogP contribution in [0.4, 0.5) is 5.69 Å². The largest absolute Gasteiger partial charge is 0.325 e. The van der Waals surface area contributed by atoms with Crippen LogP contribution in [0.1, 0.15) is 19.8 Å². The van der Waals surface area contributed by atoms with E-state index in [1.807, 2.05) is 14.0 Å². The molecule has 1 heterocycles. The van der Waals surface area contributed by atoms with Crippen molar-refractivity contribution in [3.05, 3.63) is 28.2 Å². The van der Waals surface area contributed by atoms with Gasteiger partial charge in [-0.3, -0.25) is 9.69 Å². The second-order valence-corrected chi connectivity index (χ2v) is 6.23. The van der Waals surface area contributed by atoms with Crippen molar-refractivity contribution in [2.75, 3.05) is 25.5 Å². The second-order valence-electron chi connectivity index (χ2n) is 5.42. The predicted molar refractivity (Wildman–Crippen MR) is 95.5 cm³/mol. The maximum atomic E-state index is 12.4. The molecular weight excluding hydrogens is 345 g/mol. The molecular formula is C15H22Cl3N3O. The number of anilines is 1. The van der Waals surface area contributed by atoms with Crippen LogP contribution in [0.5, 0.6) is 0 Å². The van der Waals surface area contributed by atoms with Crippen LogP contribution in [0.3, 0.4) is 0 Å². The zero-order chi connectivity index (χ0) is 15.4. The molecule has 2 N–H and O–H groups in total. The van der Waals surface area contributed by atoms with Gasteiger partial charge in [0.1, 0.15) is 0 Å². The van der Waals surface area contributed by atoms with E-state index in [0.717, 1.165) is 25.9 Å². The van der Waals surface area contributed by atoms with Gasteiger partial charge in [0.05, 0.1) is 16.1 Å². The minimum atomic E-state index is -0.171. The molecule has 1 aliphatic heterocycles. The number of likely N-dealkylation sites (N-methyl/N-ethyl adjacent to an activating group) is 1. The molecule has 22 heavy (non-hydrogen) atoms. The summed E-state index contributed by atoms with van der Waals surface area (Å²) in [5, 5.41) is 7.10. The lowest BCUT2D eigenvalue weighted by Crippen LogP contribution is -2.51. The Balaban J connectivity index is 0.00000242. The van der Waals surface area contributed by atoms with Crippen molar-refractivity contribution in [3.63, 3.8) is 0 Å². The van der Waals surface area contributed by atoms with Crippen molar-refractivity contribution in [2.24, 2.45) is 0 Å². The summed E-state index contributed by atoms with van der Waals surface area (Å²) in [6, 6.07) is 5.39. The van der Waals surface area contributed by atoms with Crippen molar-refractivity contribution in [3.8, 4) is 0 Å². The Morgan fingerprint density at radius 3 is 2.73 bits per heavy atom. The van der Waals surface area contributed by atoms with Gasteiger partial charge in [0.25, 0.3) is 0 Å². The molecule has 0 aliphatic carbocycles. The molecule has 4 nitrogen and oxygen atoms in total. The average molecular weight is 367 g/mol. The lowest BCUT2D eigenvalue weighted by atomic mass is 10.0. The third-order valence-electron chi connectivity index (χ3n) is 3.98. The summed E-state index contributed by atoms with van der Waals surface area (Å²) >= 11 is 11.8. The van der Waals surface area contributed by atoms with Crippen LogP contribution in [-0.2, 0) is 4.79 Å². The Morgan fingerprint density at radius 1 is 1.36 bits per heavy atom. The van der Waals surface area contributed by atoms with Crippen LogP contribution in [0.25, 0.3) is 0 Å². The number of benzene rings is 1. The number of piperidine rings is 1. The summed E-state index contributed by atoms with van der Waals surface area (Å²) in [7, 11) is 1.97. The Kier molecular flexibility index (Phi) is 7.94. The Morgan fingerprint density at radius 2 is 2.09 bits per heavy atom. The summed E-state index contributed by atoms with van der Waals surface area (Å²) < 4.78 is 0. The number of hydrogen-bond donors (Lipinski definition) is 2. The van der Waals surface area contributed by atoms with Crippen molar-refractivity contribution in [1.82, 2.24) is 10.2 Å². The van der Waals surface area contributed by atoms with Crippen LogP contribution in [0.15, 0.2) is 18.2 Å². The molecule has 2 unspecified atom stereocenters. The molecule has 124 valence electrons. The molecule has 1 aromatic carbocycles. The van der Waals surface area contributed by atoms with E-state index in [9.17, 15) is 4.79 Å². The highest BCUT2D eigenvalue weighted by Crippen LogP contribution is 2.25. The minimum absolute atomic E-state index is 0. The normalized spacial score (nSPS) is 20.1. The standard InChI is InChI=1S/C15H21Cl2N3O.ClH/c1-10(20-7-3-4-12(9-20)18-2)15(21)19-11-5-6-13(16)14(17)8-11;/h5-6,8,10,12,18H,3-4,7,9H2,1-2H3,(H,19,21);1H. The number of nitrogens with one attached hydrogen (secondary N) is 2. The molecule has 0 bridgehead atoms. The van der Waals surface area contributed by atoms with Crippen LogP contribution in [-0.4, -0.2) is 43.0 Å². The van der Waals surface area contributed by atoms with Gasteiger partial charge < -0.3 is 10.6 Å². The van der Waals surface area contributed by atoms with E-state index in [0.29, 0.717) is 21.8 Å². The van der Waals surface area contributed by atoms with E-state index in [1.165, 1.54) is 0 Å². The van der Waals surface area contributed by atoms with Crippen LogP contribution >= 0.6 is 35.6 Å². The van der Waals surface area contributed by atoms with Crippen LogP contribution < -0.4 is 10.6 Å². The van der Waals surface area contributed by atoms with E-state index in [4.69, 9.17) is 23.2 Å². The van der Waals surface area contributed by atoms with E-state index in [1.54, 1.807) is 18.2 Å². The van der Waals surface area contributed by atoms with Gasteiger partial charge in [-0.15, -0.1) is 12.4 Å². The molecule has 1 amide bonds. The topological polar surface area (TPSA) is 44.4 Å². The van der Waals surface area contributed by atoms with Crippen molar-refractivity contribution >= 4 is 47.2 Å². The number of hydrogen-bond acceptors (Lipinski definition) is 3. The number of halogens is 3. The summed E-state index contributed by atoms with van der Waals surface area (Å²) in [6.45, 7) is 3.78. The van der Waals surface area contributed by atoms with Crippen molar-refractivity contribution < 1.29 is 4.79 Å². The molecule has 0 radical (unpaired) electrons. The zero-order valence-corrected chi connectivity index (χ0v) is 15.1. The van der Waals surface area contributed by atoms with Crippen LogP contribution in [0, 0.1) is 0 Å². The first-order chi connectivity index (χ1) is 10.0. The van der Waals surface area contributed by atoms with Gasteiger partial charge in [-0.05, 0) is 51.6 Å². The van der Waals surface area contributed by atoms with E-state index in [-0.39, 0.29) is 24.4 Å². The highest BCUT2D eigenvalue weighted by Gasteiger charge is 2.26. The molecule has 1 aliphatic rings. The maximum absolute atomic E-state index is 12.4. The number of carbonyl (C=O) groups excluding carboxylic acids is 1. The molecule has 7 heteroatoms. The van der Waals surface area contributed by atoms with E-state index < -0.39 is 0 Å². The third kappa shape index (κ3) is 5.00. The third-order valence-corrected chi connectivity index (χ3v) is 4.71. The molecule has 2 atom stereocenters. The molecule has 1 aromatic rings. The van der Waals surface area contributed by atoms with Gasteiger partial charge in [-0.1, -0.05) is 23.2 Å². The first kappa shape index (κ1) is 19.5. The number of carbonyl (C=O) groups is 1. The summed E-state index contributed by atoms with van der Waals surface area (Å²) in [6.07, 6.45) is 2.27. The molecule has 2 rings (SSSR count). The van der Waals surface area contributed by atoms with Crippen molar-refractivity contribution in [1.29, 1.82) is 0 Å². The van der Waals surface area contributed by atoms with Crippen molar-refractivity contribution in [2.45, 2.75) is 31.8 Å². The lowest BCUT2D eigenvalue weighted by molar-refractivity contribution is -0.121. The first-order valence-electron chi connectivity index (χ1n) is 7.18. The van der Waals surface area contributed by atoms with Gasteiger partial charge in [0, 0.05) is 18.3 Å². The molecule has 0 saturated carbocycles. The first-order valence-corrected chi connectivity index (χ1v) is 7.94. The quantitative estimate of drug-likeness (QED) is 0.858. The smallest absolute Gasteiger partial charge is 0.241 e. The molecule has 1 saturated heterocycles. The highest BCUT2D eigenvalue weighted by molar-refractivity contribution is 6.42. The minimum Gasteiger partial charge on any atom is -0.325 e. The van der Waals surface area contributed by atoms with Gasteiger partial charge >= 0.3 is 0 Å². The number of likely N-dealkylation sites (tertiary alicyclic amines) is 1. The van der Waals surface area contributed by atoms with Gasteiger partial charge in [-0.2, -0.15) is 0 Å². The zero-order valence-electron chi connectivity index (χ0n) is 12.7. The Bertz CT molecular complexity index is 513. The summed E-state index contributed by atoms with van der Waals surface area (Å²) in [5.74, 6) is -0.0230. The van der Waals surface area contributed by atoms with Crippen LogP contribution in [0.2, 0.25) is 10.0 Å². The Hall–Kier alpha value is -0.520. The highest BCUT2D eigenvalue weighted by atomic mass is 35.5. The summed E-state index contributed by atoms with van der Waals surface area (Å²) in [5.41, 5.74) is 0.670. The van der Waals surface area contributed by atoms with Gasteiger partial charge in [0.2, 0.25) is 5.91 Å². The average Bonchev–Trinajstić information content (AvgIpc) is 2.50. The SMILES string of the molecule is CNC1CCCN(C(C)C(=O)Nc2ccc(Cl)c(Cl)c2)C1.Cl. The second kappa shape index (κ2) is 8.94. The Labute approximate surface area is 147 Å². The number of amides is 1.